The van der Waals surface area contributed by atoms with E-state index in [0.29, 0.717) is 5.41 Å². The summed E-state index contributed by atoms with van der Waals surface area (Å²) in [5.74, 6) is 0. The van der Waals surface area contributed by atoms with E-state index in [0.717, 1.165) is 32.6 Å². The minimum Gasteiger partial charge on any atom is -0.329 e. The fourth-order valence-electron chi connectivity index (χ4n) is 2.06. The summed E-state index contributed by atoms with van der Waals surface area (Å²) in [6.07, 6.45) is 1.11. The molecule has 2 nitrogen and oxygen atoms in total. The molecule has 0 saturated carbocycles. The third-order valence-electron chi connectivity index (χ3n) is 2.70. The maximum Gasteiger partial charge on any atom is 0.0105 e. The zero-order valence-electron chi connectivity index (χ0n) is 11.4. The van der Waals surface area contributed by atoms with Gasteiger partial charge in [0.25, 0.3) is 0 Å². The first-order valence-electron chi connectivity index (χ1n) is 6.47. The summed E-state index contributed by atoms with van der Waals surface area (Å²) in [5.41, 5.74) is 7.42. The molecule has 0 heterocycles. The first-order valence-corrected chi connectivity index (χ1v) is 6.47. The quantitative estimate of drug-likeness (QED) is 0.819. The van der Waals surface area contributed by atoms with Gasteiger partial charge >= 0.3 is 0 Å². The Hall–Kier alpha value is -0.860. The van der Waals surface area contributed by atoms with Crippen molar-refractivity contribution >= 4 is 0 Å². The molecule has 0 saturated heterocycles. The van der Waals surface area contributed by atoms with E-state index in [-0.39, 0.29) is 0 Å². The minimum absolute atomic E-state index is 0.339. The lowest BCUT2D eigenvalue weighted by atomic mass is 9.96. The van der Waals surface area contributed by atoms with E-state index >= 15 is 0 Å². The van der Waals surface area contributed by atoms with Gasteiger partial charge < -0.3 is 10.6 Å². The van der Waals surface area contributed by atoms with Crippen molar-refractivity contribution in [3.8, 4) is 0 Å². The van der Waals surface area contributed by atoms with Gasteiger partial charge in [0.2, 0.25) is 0 Å². The van der Waals surface area contributed by atoms with E-state index in [2.05, 4.69) is 56.0 Å². The number of hydrogen-bond acceptors (Lipinski definition) is 2. The van der Waals surface area contributed by atoms with Crippen molar-refractivity contribution in [2.45, 2.75) is 27.2 Å². The SMILES string of the molecule is CC(C)(C)CN(CCN)CCc1ccccc1. The van der Waals surface area contributed by atoms with E-state index in [9.17, 15) is 0 Å². The number of nitrogens with two attached hydrogens (primary N) is 1. The molecule has 0 aliphatic heterocycles. The number of nitrogens with zero attached hydrogens (tertiary/aromatic N) is 1. The Balaban J connectivity index is 2.44. The maximum absolute atomic E-state index is 5.68. The van der Waals surface area contributed by atoms with Crippen LogP contribution < -0.4 is 5.73 Å². The van der Waals surface area contributed by atoms with Gasteiger partial charge in [-0.3, -0.25) is 0 Å². The standard InChI is InChI=1S/C15H26N2/c1-15(2,3)13-17(12-10-16)11-9-14-7-5-4-6-8-14/h4-8H,9-13,16H2,1-3H3. The van der Waals surface area contributed by atoms with Crippen LogP contribution in [-0.4, -0.2) is 31.1 Å². The number of hydrogen-bond donors (Lipinski definition) is 1. The zero-order valence-corrected chi connectivity index (χ0v) is 11.4. The lowest BCUT2D eigenvalue weighted by molar-refractivity contribution is 0.197. The van der Waals surface area contributed by atoms with Gasteiger partial charge in [0.1, 0.15) is 0 Å². The van der Waals surface area contributed by atoms with Crippen LogP contribution in [0.5, 0.6) is 0 Å². The Labute approximate surface area is 106 Å². The van der Waals surface area contributed by atoms with Crippen LogP contribution in [0.15, 0.2) is 30.3 Å². The van der Waals surface area contributed by atoms with E-state index in [1.165, 1.54) is 5.56 Å². The van der Waals surface area contributed by atoms with Gasteiger partial charge in [-0.1, -0.05) is 51.1 Å². The molecule has 0 unspecified atom stereocenters. The molecule has 0 radical (unpaired) electrons. The molecule has 0 aliphatic rings. The van der Waals surface area contributed by atoms with Crippen LogP contribution >= 0.6 is 0 Å². The number of benzene rings is 1. The number of rotatable bonds is 6. The van der Waals surface area contributed by atoms with Crippen molar-refractivity contribution in [2.75, 3.05) is 26.2 Å². The van der Waals surface area contributed by atoms with Gasteiger partial charge in [-0.2, -0.15) is 0 Å². The molecule has 0 bridgehead atoms. The molecule has 96 valence electrons. The average Bonchev–Trinajstić information content (AvgIpc) is 2.26. The molecule has 0 spiro atoms. The van der Waals surface area contributed by atoms with Crippen molar-refractivity contribution in [1.29, 1.82) is 0 Å². The molecule has 2 N–H and O–H groups in total. The third-order valence-corrected chi connectivity index (χ3v) is 2.70. The lowest BCUT2D eigenvalue weighted by Crippen LogP contribution is -2.37. The molecule has 0 aliphatic carbocycles. The van der Waals surface area contributed by atoms with Crippen LogP contribution in [0.2, 0.25) is 0 Å². The zero-order chi connectivity index (χ0) is 12.7. The lowest BCUT2D eigenvalue weighted by Gasteiger charge is -2.29. The summed E-state index contributed by atoms with van der Waals surface area (Å²) in [6, 6.07) is 10.7. The molecular weight excluding hydrogens is 208 g/mol. The second kappa shape index (κ2) is 6.77. The van der Waals surface area contributed by atoms with Crippen LogP contribution in [0.3, 0.4) is 0 Å². The molecule has 0 aromatic heterocycles. The molecule has 0 amide bonds. The molecule has 17 heavy (non-hydrogen) atoms. The fraction of sp³-hybridized carbons (Fsp3) is 0.600. The normalized spacial score (nSPS) is 12.1. The summed E-state index contributed by atoms with van der Waals surface area (Å²) in [5, 5.41) is 0. The Morgan fingerprint density at radius 1 is 1.06 bits per heavy atom. The highest BCUT2D eigenvalue weighted by atomic mass is 15.1. The van der Waals surface area contributed by atoms with Crippen molar-refractivity contribution in [2.24, 2.45) is 11.1 Å². The van der Waals surface area contributed by atoms with E-state index in [4.69, 9.17) is 5.73 Å². The van der Waals surface area contributed by atoms with Gasteiger partial charge in [-0.15, -0.1) is 0 Å². The summed E-state index contributed by atoms with van der Waals surface area (Å²) in [7, 11) is 0. The summed E-state index contributed by atoms with van der Waals surface area (Å²) in [4.78, 5) is 2.47. The molecular formula is C15H26N2. The maximum atomic E-state index is 5.68. The van der Waals surface area contributed by atoms with Crippen LogP contribution in [-0.2, 0) is 6.42 Å². The van der Waals surface area contributed by atoms with Gasteiger partial charge in [-0.05, 0) is 17.4 Å². The van der Waals surface area contributed by atoms with Gasteiger partial charge in [0.05, 0.1) is 0 Å². The molecule has 1 rings (SSSR count). The van der Waals surface area contributed by atoms with Crippen LogP contribution in [0.1, 0.15) is 26.3 Å². The second-order valence-electron chi connectivity index (χ2n) is 5.86. The molecule has 1 aromatic rings. The first-order chi connectivity index (χ1) is 8.01. The predicted octanol–water partition coefficient (Wildman–Crippen LogP) is 2.54. The van der Waals surface area contributed by atoms with Crippen molar-refractivity contribution in [3.05, 3.63) is 35.9 Å². The predicted molar refractivity (Wildman–Crippen MR) is 75.1 cm³/mol. The van der Waals surface area contributed by atoms with Crippen molar-refractivity contribution < 1.29 is 0 Å². The Kier molecular flexibility index (Phi) is 5.66. The highest BCUT2D eigenvalue weighted by Gasteiger charge is 2.15. The smallest absolute Gasteiger partial charge is 0.0105 e. The first kappa shape index (κ1) is 14.2. The molecule has 0 fully saturated rings. The minimum atomic E-state index is 0.339. The highest BCUT2D eigenvalue weighted by molar-refractivity contribution is 5.14. The Morgan fingerprint density at radius 2 is 1.71 bits per heavy atom. The van der Waals surface area contributed by atoms with E-state index in [1.54, 1.807) is 0 Å². The summed E-state index contributed by atoms with van der Waals surface area (Å²) < 4.78 is 0. The molecule has 0 atom stereocenters. The third kappa shape index (κ3) is 6.44. The van der Waals surface area contributed by atoms with Crippen LogP contribution in [0, 0.1) is 5.41 Å². The largest absolute Gasteiger partial charge is 0.329 e. The topological polar surface area (TPSA) is 29.3 Å². The van der Waals surface area contributed by atoms with Gasteiger partial charge in [-0.25, -0.2) is 0 Å². The van der Waals surface area contributed by atoms with E-state index in [1.807, 2.05) is 0 Å². The van der Waals surface area contributed by atoms with Crippen LogP contribution in [0.25, 0.3) is 0 Å². The van der Waals surface area contributed by atoms with Gasteiger partial charge in [0.15, 0.2) is 0 Å². The van der Waals surface area contributed by atoms with Gasteiger partial charge in [0, 0.05) is 26.2 Å². The monoisotopic (exact) mass is 234 g/mol. The van der Waals surface area contributed by atoms with Crippen LogP contribution in [0.4, 0.5) is 0 Å². The summed E-state index contributed by atoms with van der Waals surface area (Å²) in [6.45, 7) is 10.8. The van der Waals surface area contributed by atoms with Crippen molar-refractivity contribution in [3.63, 3.8) is 0 Å². The molecule has 1 aromatic carbocycles. The van der Waals surface area contributed by atoms with Crippen molar-refractivity contribution in [1.82, 2.24) is 4.90 Å². The summed E-state index contributed by atoms with van der Waals surface area (Å²) >= 11 is 0. The second-order valence-corrected chi connectivity index (χ2v) is 5.86. The fourth-order valence-corrected chi connectivity index (χ4v) is 2.06. The highest BCUT2D eigenvalue weighted by Crippen LogP contribution is 2.15. The Morgan fingerprint density at radius 3 is 2.24 bits per heavy atom. The Bertz CT molecular complexity index is 300. The molecule has 2 heteroatoms. The average molecular weight is 234 g/mol. The van der Waals surface area contributed by atoms with E-state index < -0.39 is 0 Å².